The smallest absolute Gasteiger partial charge is 0.000740 e. The summed E-state index contributed by atoms with van der Waals surface area (Å²) in [7, 11) is 0. The lowest BCUT2D eigenvalue weighted by Crippen LogP contribution is -1.94. The molecule has 3 aromatic rings. The van der Waals surface area contributed by atoms with Crippen LogP contribution in [0.25, 0.3) is 33.0 Å². The highest BCUT2D eigenvalue weighted by Crippen LogP contribution is 2.44. The molecule has 0 N–H and O–H groups in total. The highest BCUT2D eigenvalue weighted by atomic mass is 14.3. The van der Waals surface area contributed by atoms with Gasteiger partial charge in [0.2, 0.25) is 0 Å². The highest BCUT2D eigenvalue weighted by Gasteiger charge is 2.23. The van der Waals surface area contributed by atoms with Gasteiger partial charge < -0.3 is 0 Å². The number of hydrogen-bond acceptors (Lipinski definition) is 0. The van der Waals surface area contributed by atoms with E-state index in [0.717, 1.165) is 6.42 Å². The van der Waals surface area contributed by atoms with Gasteiger partial charge in [-0.25, -0.2) is 0 Å². The van der Waals surface area contributed by atoms with Gasteiger partial charge in [-0.2, -0.15) is 0 Å². The first kappa shape index (κ1) is 12.9. The van der Waals surface area contributed by atoms with Crippen molar-refractivity contribution in [2.45, 2.75) is 20.3 Å². The van der Waals surface area contributed by atoms with Gasteiger partial charge in [-0.3, -0.25) is 0 Å². The number of allylic oxidation sites excluding steroid dienone is 4. The summed E-state index contributed by atoms with van der Waals surface area (Å²) in [5.41, 5.74) is 11.2. The van der Waals surface area contributed by atoms with Crippen LogP contribution in [-0.2, 0) is 6.42 Å². The Morgan fingerprint density at radius 2 is 1.48 bits per heavy atom. The average Bonchev–Trinajstić information content (AvgIpc) is 2.82. The van der Waals surface area contributed by atoms with Crippen LogP contribution in [0.4, 0.5) is 0 Å². The van der Waals surface area contributed by atoms with Crippen LogP contribution in [0.5, 0.6) is 0 Å². The normalized spacial score (nSPS) is 14.9. The van der Waals surface area contributed by atoms with E-state index in [4.69, 9.17) is 0 Å². The number of hydrogen-bond donors (Lipinski definition) is 0. The Kier molecular flexibility index (Phi) is 2.50. The first-order valence-electron chi connectivity index (χ1n) is 8.27. The van der Waals surface area contributed by atoms with Crippen molar-refractivity contribution in [1.29, 1.82) is 0 Å². The van der Waals surface area contributed by atoms with E-state index < -0.39 is 0 Å². The van der Waals surface area contributed by atoms with E-state index in [0.29, 0.717) is 0 Å². The standard InChI is InChI=1S/C23H18/c1-14-9-11-16-13-22-17(14)5-3-8-20(22)21-12-10-15(2)18-6-4-7-19(16)23(18)21/h3-12H,13H2,1-2H3. The molecule has 2 bridgehead atoms. The molecule has 23 heavy (non-hydrogen) atoms. The van der Waals surface area contributed by atoms with Crippen molar-refractivity contribution in [2.24, 2.45) is 0 Å². The third-order valence-electron chi connectivity index (χ3n) is 5.40. The Balaban J connectivity index is 2.06. The average molecular weight is 294 g/mol. The maximum Gasteiger partial charge on any atom is -0.000740 e. The first-order chi connectivity index (χ1) is 11.2. The van der Waals surface area contributed by atoms with Crippen molar-refractivity contribution in [2.75, 3.05) is 0 Å². The van der Waals surface area contributed by atoms with E-state index in [1.807, 2.05) is 0 Å². The fraction of sp³-hybridized carbons (Fsp3) is 0.130. The summed E-state index contributed by atoms with van der Waals surface area (Å²) in [4.78, 5) is 0. The third kappa shape index (κ3) is 1.66. The molecule has 2 aliphatic carbocycles. The minimum Gasteiger partial charge on any atom is -0.0610 e. The molecule has 2 aliphatic rings. The largest absolute Gasteiger partial charge is 0.0610 e. The van der Waals surface area contributed by atoms with Gasteiger partial charge in [0.25, 0.3) is 0 Å². The van der Waals surface area contributed by atoms with Crippen molar-refractivity contribution in [1.82, 2.24) is 0 Å². The molecule has 0 saturated heterocycles. The van der Waals surface area contributed by atoms with Crippen LogP contribution in [0, 0.1) is 6.92 Å². The van der Waals surface area contributed by atoms with E-state index in [1.54, 1.807) is 0 Å². The van der Waals surface area contributed by atoms with Crippen LogP contribution < -0.4 is 0 Å². The molecule has 0 aliphatic heterocycles. The molecule has 0 fully saturated rings. The van der Waals surface area contributed by atoms with Crippen molar-refractivity contribution in [3.63, 3.8) is 0 Å². The predicted octanol–water partition coefficient (Wildman–Crippen LogP) is 6.17. The monoisotopic (exact) mass is 294 g/mol. The molecule has 5 rings (SSSR count). The predicted molar refractivity (Wildman–Crippen MR) is 99.5 cm³/mol. The molecule has 3 aromatic carbocycles. The molecule has 0 nitrogen and oxygen atoms in total. The molecule has 0 heteroatoms. The molecule has 0 radical (unpaired) electrons. The lowest BCUT2D eigenvalue weighted by atomic mass is 9.89. The molecular weight excluding hydrogens is 276 g/mol. The summed E-state index contributed by atoms with van der Waals surface area (Å²) in [6, 6.07) is 18.1. The van der Waals surface area contributed by atoms with Gasteiger partial charge in [0.05, 0.1) is 0 Å². The van der Waals surface area contributed by atoms with Gasteiger partial charge in [0.15, 0.2) is 0 Å². The number of fused-ring (bicyclic) bond motifs is 3. The molecule has 0 saturated carbocycles. The minimum atomic E-state index is 1.02. The molecule has 0 aromatic heterocycles. The Morgan fingerprint density at radius 3 is 2.39 bits per heavy atom. The van der Waals surface area contributed by atoms with Gasteiger partial charge in [-0.15, -0.1) is 0 Å². The number of rotatable bonds is 0. The number of benzene rings is 3. The Hall–Kier alpha value is -2.60. The maximum atomic E-state index is 2.32. The van der Waals surface area contributed by atoms with E-state index in [2.05, 4.69) is 74.5 Å². The maximum absolute atomic E-state index is 2.32. The van der Waals surface area contributed by atoms with Crippen LogP contribution in [0.2, 0.25) is 0 Å². The molecule has 0 amide bonds. The van der Waals surface area contributed by atoms with Crippen molar-refractivity contribution >= 4 is 21.9 Å². The van der Waals surface area contributed by atoms with E-state index >= 15 is 0 Å². The Morgan fingerprint density at radius 1 is 0.696 bits per heavy atom. The van der Waals surface area contributed by atoms with Crippen LogP contribution in [0.1, 0.15) is 29.2 Å². The molecule has 0 heterocycles. The lowest BCUT2D eigenvalue weighted by Gasteiger charge is -2.14. The fourth-order valence-electron chi connectivity index (χ4n) is 4.19. The van der Waals surface area contributed by atoms with E-state index in [9.17, 15) is 0 Å². The zero-order chi connectivity index (χ0) is 15.6. The SMILES string of the molecule is CC1=CC=C2Cc3c1cccc3-c1ccc(C)c3cccc2c13. The van der Waals surface area contributed by atoms with Gasteiger partial charge in [-0.05, 0) is 75.6 Å². The van der Waals surface area contributed by atoms with Crippen LogP contribution in [0.15, 0.2) is 60.7 Å². The quantitative estimate of drug-likeness (QED) is 0.465. The van der Waals surface area contributed by atoms with Crippen LogP contribution in [-0.4, -0.2) is 0 Å². The second-order valence-corrected chi connectivity index (χ2v) is 6.71. The van der Waals surface area contributed by atoms with Crippen LogP contribution in [0.3, 0.4) is 0 Å². The van der Waals surface area contributed by atoms with Crippen molar-refractivity contribution in [3.8, 4) is 11.1 Å². The summed E-state index contributed by atoms with van der Waals surface area (Å²) < 4.78 is 0. The van der Waals surface area contributed by atoms with Gasteiger partial charge in [0.1, 0.15) is 0 Å². The Labute approximate surface area is 136 Å². The van der Waals surface area contributed by atoms with Gasteiger partial charge in [0, 0.05) is 0 Å². The highest BCUT2D eigenvalue weighted by molar-refractivity contribution is 6.08. The second-order valence-electron chi connectivity index (χ2n) is 6.71. The summed E-state index contributed by atoms with van der Waals surface area (Å²) >= 11 is 0. The molecule has 0 atom stereocenters. The summed E-state index contributed by atoms with van der Waals surface area (Å²) in [5.74, 6) is 0. The molecule has 0 unspecified atom stereocenters. The van der Waals surface area contributed by atoms with Crippen molar-refractivity contribution < 1.29 is 0 Å². The summed E-state index contributed by atoms with van der Waals surface area (Å²) in [5, 5.41) is 2.80. The van der Waals surface area contributed by atoms with Crippen molar-refractivity contribution in [3.05, 3.63) is 82.9 Å². The molecule has 0 spiro atoms. The topological polar surface area (TPSA) is 0 Å². The lowest BCUT2D eigenvalue weighted by molar-refractivity contribution is 1.29. The summed E-state index contributed by atoms with van der Waals surface area (Å²) in [6.07, 6.45) is 5.63. The molecular formula is C23H18. The third-order valence-corrected chi connectivity index (χ3v) is 5.40. The Bertz CT molecular complexity index is 1050. The summed E-state index contributed by atoms with van der Waals surface area (Å²) in [6.45, 7) is 4.44. The second kappa shape index (κ2) is 4.45. The van der Waals surface area contributed by atoms with E-state index in [1.165, 1.54) is 55.3 Å². The van der Waals surface area contributed by atoms with E-state index in [-0.39, 0.29) is 0 Å². The van der Waals surface area contributed by atoms with Gasteiger partial charge >= 0.3 is 0 Å². The zero-order valence-electron chi connectivity index (χ0n) is 13.5. The minimum absolute atomic E-state index is 1.02. The van der Waals surface area contributed by atoms with Crippen LogP contribution >= 0.6 is 0 Å². The zero-order valence-corrected chi connectivity index (χ0v) is 13.5. The fourth-order valence-corrected chi connectivity index (χ4v) is 4.19. The first-order valence-corrected chi connectivity index (χ1v) is 8.27. The number of aryl methyl sites for hydroxylation is 1. The molecule has 110 valence electrons. The van der Waals surface area contributed by atoms with Gasteiger partial charge in [-0.1, -0.05) is 60.7 Å².